The zero-order valence-corrected chi connectivity index (χ0v) is 11.8. The van der Waals surface area contributed by atoms with E-state index in [2.05, 4.69) is 5.32 Å². The molecule has 1 aromatic rings. The first-order valence-electron chi connectivity index (χ1n) is 6.66. The molecule has 0 aromatic heterocycles. The molecule has 1 aliphatic carbocycles. The molecule has 20 heavy (non-hydrogen) atoms. The summed E-state index contributed by atoms with van der Waals surface area (Å²) in [6.45, 7) is 3.58. The fourth-order valence-corrected chi connectivity index (χ4v) is 2.24. The summed E-state index contributed by atoms with van der Waals surface area (Å²) in [5, 5.41) is 12.0. The Bertz CT molecular complexity index is 525. The number of aliphatic carboxylic acids is 1. The van der Waals surface area contributed by atoms with Crippen LogP contribution in [-0.4, -0.2) is 22.5 Å². The normalized spacial score (nSPS) is 16.6. The molecule has 5 nitrogen and oxygen atoms in total. The lowest BCUT2D eigenvalue weighted by atomic mass is 9.96. The molecule has 2 rings (SSSR count). The quantitative estimate of drug-likeness (QED) is 0.765. The Balaban J connectivity index is 2.03. The molecule has 1 fully saturated rings. The Kier molecular flexibility index (Phi) is 3.56. The van der Waals surface area contributed by atoms with Gasteiger partial charge in [0.15, 0.2) is 0 Å². The summed E-state index contributed by atoms with van der Waals surface area (Å²) < 4.78 is 0. The predicted octanol–water partition coefficient (Wildman–Crippen LogP) is 1.87. The summed E-state index contributed by atoms with van der Waals surface area (Å²) in [6, 6.07) is 7.01. The van der Waals surface area contributed by atoms with Gasteiger partial charge in [0.1, 0.15) is 0 Å². The lowest BCUT2D eigenvalue weighted by molar-refractivity contribution is -0.140. The second kappa shape index (κ2) is 4.90. The lowest BCUT2D eigenvalue weighted by Crippen LogP contribution is -2.36. The van der Waals surface area contributed by atoms with Crippen molar-refractivity contribution in [1.82, 2.24) is 0 Å². The van der Waals surface area contributed by atoms with Crippen LogP contribution in [0.25, 0.3) is 0 Å². The first kappa shape index (κ1) is 14.5. The summed E-state index contributed by atoms with van der Waals surface area (Å²) in [4.78, 5) is 23.0. The topological polar surface area (TPSA) is 92.4 Å². The first-order valence-corrected chi connectivity index (χ1v) is 6.66. The molecule has 0 radical (unpaired) electrons. The van der Waals surface area contributed by atoms with Gasteiger partial charge < -0.3 is 16.2 Å². The third kappa shape index (κ3) is 3.17. The van der Waals surface area contributed by atoms with Crippen molar-refractivity contribution < 1.29 is 14.7 Å². The molecule has 108 valence electrons. The Hall–Kier alpha value is -1.88. The van der Waals surface area contributed by atoms with Gasteiger partial charge in [0, 0.05) is 17.6 Å². The van der Waals surface area contributed by atoms with Crippen molar-refractivity contribution in [3.05, 3.63) is 29.8 Å². The van der Waals surface area contributed by atoms with Crippen molar-refractivity contribution in [2.75, 3.05) is 5.32 Å². The average Bonchev–Trinajstić information content (AvgIpc) is 3.08. The number of rotatable bonds is 5. The van der Waals surface area contributed by atoms with Gasteiger partial charge in [-0.15, -0.1) is 0 Å². The SMILES string of the molecule is CC(C)(N)CC(=O)Nc1ccc(C2(C(=O)O)CC2)cc1. The molecule has 4 N–H and O–H groups in total. The van der Waals surface area contributed by atoms with Crippen molar-refractivity contribution in [2.24, 2.45) is 5.73 Å². The van der Waals surface area contributed by atoms with E-state index in [1.54, 1.807) is 38.1 Å². The van der Waals surface area contributed by atoms with Crippen LogP contribution in [0, 0.1) is 0 Å². The maximum Gasteiger partial charge on any atom is 0.314 e. The zero-order valence-electron chi connectivity index (χ0n) is 11.8. The molecule has 0 atom stereocenters. The minimum absolute atomic E-state index is 0.149. The molecule has 0 unspecified atom stereocenters. The van der Waals surface area contributed by atoms with Crippen LogP contribution in [0.1, 0.15) is 38.7 Å². The highest BCUT2D eigenvalue weighted by Crippen LogP contribution is 2.48. The maximum absolute atomic E-state index is 11.7. The molecule has 1 aliphatic rings. The summed E-state index contributed by atoms with van der Waals surface area (Å²) in [5.74, 6) is -0.927. The molecule has 1 saturated carbocycles. The minimum atomic E-state index is -0.779. The van der Waals surface area contributed by atoms with Gasteiger partial charge in [-0.3, -0.25) is 9.59 Å². The number of amides is 1. The van der Waals surface area contributed by atoms with Crippen LogP contribution in [0.4, 0.5) is 5.69 Å². The van der Waals surface area contributed by atoms with Crippen LogP contribution >= 0.6 is 0 Å². The maximum atomic E-state index is 11.7. The monoisotopic (exact) mass is 276 g/mol. The summed E-state index contributed by atoms with van der Waals surface area (Å²) >= 11 is 0. The highest BCUT2D eigenvalue weighted by Gasteiger charge is 2.51. The lowest BCUT2D eigenvalue weighted by Gasteiger charge is -2.17. The van der Waals surface area contributed by atoms with Gasteiger partial charge in [-0.1, -0.05) is 12.1 Å². The smallest absolute Gasteiger partial charge is 0.314 e. The fourth-order valence-electron chi connectivity index (χ4n) is 2.24. The van der Waals surface area contributed by atoms with Gasteiger partial charge >= 0.3 is 5.97 Å². The summed E-state index contributed by atoms with van der Waals surface area (Å²) in [7, 11) is 0. The van der Waals surface area contributed by atoms with Crippen LogP contribution in [0.5, 0.6) is 0 Å². The van der Waals surface area contributed by atoms with E-state index in [1.807, 2.05) is 0 Å². The number of carboxylic acids is 1. The third-order valence-electron chi connectivity index (χ3n) is 3.50. The molecule has 0 saturated heterocycles. The van der Waals surface area contributed by atoms with Gasteiger partial charge in [0.25, 0.3) is 0 Å². The second-order valence-corrected chi connectivity index (χ2v) is 6.18. The molecule has 0 bridgehead atoms. The van der Waals surface area contributed by atoms with Gasteiger partial charge in [0.2, 0.25) is 5.91 Å². The van der Waals surface area contributed by atoms with Crippen molar-refractivity contribution in [3.63, 3.8) is 0 Å². The number of benzene rings is 1. The van der Waals surface area contributed by atoms with E-state index >= 15 is 0 Å². The highest BCUT2D eigenvalue weighted by atomic mass is 16.4. The Morgan fingerprint density at radius 3 is 2.25 bits per heavy atom. The zero-order chi connectivity index (χ0) is 15.0. The number of hydrogen-bond donors (Lipinski definition) is 3. The van der Waals surface area contributed by atoms with Crippen LogP contribution in [0.3, 0.4) is 0 Å². The standard InChI is InChI=1S/C15H20N2O3/c1-14(2,16)9-12(18)17-11-5-3-10(4-6-11)15(7-8-15)13(19)20/h3-6H,7-9,16H2,1-2H3,(H,17,18)(H,19,20). The predicted molar refractivity (Wildman–Crippen MR) is 76.5 cm³/mol. The largest absolute Gasteiger partial charge is 0.481 e. The van der Waals surface area contributed by atoms with E-state index in [9.17, 15) is 14.7 Å². The Morgan fingerprint density at radius 2 is 1.85 bits per heavy atom. The molecular weight excluding hydrogens is 256 g/mol. The van der Waals surface area contributed by atoms with Gasteiger partial charge in [-0.05, 0) is 44.4 Å². The minimum Gasteiger partial charge on any atom is -0.481 e. The summed E-state index contributed by atoms with van der Waals surface area (Å²) in [5.41, 5.74) is 5.98. The van der Waals surface area contributed by atoms with Crippen molar-refractivity contribution in [3.8, 4) is 0 Å². The highest BCUT2D eigenvalue weighted by molar-refractivity contribution is 5.91. The van der Waals surface area contributed by atoms with Crippen LogP contribution in [-0.2, 0) is 15.0 Å². The molecule has 1 amide bonds. The second-order valence-electron chi connectivity index (χ2n) is 6.18. The number of carbonyl (C=O) groups is 2. The molecule has 0 heterocycles. The number of anilines is 1. The van der Waals surface area contributed by atoms with E-state index in [0.29, 0.717) is 18.5 Å². The van der Waals surface area contributed by atoms with E-state index in [0.717, 1.165) is 5.56 Å². The fraction of sp³-hybridized carbons (Fsp3) is 0.467. The van der Waals surface area contributed by atoms with Crippen molar-refractivity contribution in [2.45, 2.75) is 44.1 Å². The Labute approximate surface area is 118 Å². The summed E-state index contributed by atoms with van der Waals surface area (Å²) in [6.07, 6.45) is 1.58. The number of hydrogen-bond acceptors (Lipinski definition) is 3. The average molecular weight is 276 g/mol. The van der Waals surface area contributed by atoms with E-state index < -0.39 is 16.9 Å². The van der Waals surface area contributed by atoms with Gasteiger partial charge in [0.05, 0.1) is 5.41 Å². The van der Waals surface area contributed by atoms with Crippen LogP contribution in [0.2, 0.25) is 0 Å². The first-order chi connectivity index (χ1) is 9.23. The third-order valence-corrected chi connectivity index (χ3v) is 3.50. The number of carbonyl (C=O) groups excluding carboxylic acids is 1. The number of carboxylic acid groups (broad SMARTS) is 1. The molecular formula is C15H20N2O3. The van der Waals surface area contributed by atoms with Crippen molar-refractivity contribution >= 4 is 17.6 Å². The molecule has 1 aromatic carbocycles. The van der Waals surface area contributed by atoms with Gasteiger partial charge in [-0.25, -0.2) is 0 Å². The van der Waals surface area contributed by atoms with Gasteiger partial charge in [-0.2, -0.15) is 0 Å². The number of nitrogens with one attached hydrogen (secondary N) is 1. The molecule has 0 aliphatic heterocycles. The van der Waals surface area contributed by atoms with E-state index in [1.165, 1.54) is 0 Å². The molecule has 5 heteroatoms. The van der Waals surface area contributed by atoms with Crippen LogP contribution in [0.15, 0.2) is 24.3 Å². The molecule has 0 spiro atoms. The van der Waals surface area contributed by atoms with E-state index in [-0.39, 0.29) is 12.3 Å². The number of nitrogens with two attached hydrogens (primary N) is 1. The van der Waals surface area contributed by atoms with E-state index in [4.69, 9.17) is 5.73 Å². The van der Waals surface area contributed by atoms with Crippen molar-refractivity contribution in [1.29, 1.82) is 0 Å². The van der Waals surface area contributed by atoms with Crippen LogP contribution < -0.4 is 11.1 Å². The Morgan fingerprint density at radius 1 is 1.30 bits per heavy atom.